The van der Waals surface area contributed by atoms with E-state index >= 15 is 0 Å². The van der Waals surface area contributed by atoms with Gasteiger partial charge in [-0.25, -0.2) is 4.79 Å². The van der Waals surface area contributed by atoms with E-state index in [0.717, 1.165) is 0 Å². The maximum Gasteiger partial charge on any atom is 0.329 e. The number of nitrogens with zero attached hydrogens (tertiary/aromatic N) is 6. The van der Waals surface area contributed by atoms with Gasteiger partial charge in [0.05, 0.1) is 25.0 Å². The van der Waals surface area contributed by atoms with Gasteiger partial charge in [-0.15, -0.1) is 0 Å². The van der Waals surface area contributed by atoms with Crippen LogP contribution in [0, 0.1) is 35.5 Å². The average Bonchev–Trinajstić information content (AvgIpc) is 4.06. The highest BCUT2D eigenvalue weighted by Gasteiger charge is 2.47. The first-order chi connectivity index (χ1) is 35.0. The minimum Gasteiger partial charge on any atom is -0.462 e. The molecule has 0 saturated carbocycles. The number of hydrogen-bond acceptors (Lipinski definition) is 13. The monoisotopic (exact) mass is 1060 g/mol. The van der Waals surface area contributed by atoms with Crippen LogP contribution in [0.4, 0.5) is 0 Å². The zero-order valence-electron chi connectivity index (χ0n) is 48.5. The molecule has 3 unspecified atom stereocenters. The second kappa shape index (κ2) is 29.0. The number of cyclic esters (lactones) is 2. The Morgan fingerprint density at radius 3 is 1.71 bits per heavy atom. The summed E-state index contributed by atoms with van der Waals surface area (Å²) in [5, 5.41) is 11.1. The molecule has 19 heteroatoms. The van der Waals surface area contributed by atoms with E-state index in [9.17, 15) is 48.3 Å². The Hall–Kier alpha value is -4.91. The smallest absolute Gasteiger partial charge is 0.329 e. The Morgan fingerprint density at radius 1 is 0.627 bits per heavy atom. The van der Waals surface area contributed by atoms with Gasteiger partial charge in [-0.3, -0.25) is 38.4 Å². The molecule has 0 aromatic rings. The molecule has 2 fully saturated rings. The number of allylic oxidation sites excluding steroid dienone is 2. The lowest BCUT2D eigenvalue weighted by atomic mass is 9.93. The van der Waals surface area contributed by atoms with E-state index < -0.39 is 138 Å². The molecule has 0 aliphatic carbocycles. The Labute approximate surface area is 447 Å². The molecular formula is C56H94N6O13. The van der Waals surface area contributed by atoms with E-state index in [2.05, 4.69) is 0 Å². The zero-order valence-corrected chi connectivity index (χ0v) is 48.5. The van der Waals surface area contributed by atoms with Crippen molar-refractivity contribution in [3.05, 3.63) is 11.6 Å². The molecule has 2 saturated heterocycles. The van der Waals surface area contributed by atoms with Gasteiger partial charge in [-0.1, -0.05) is 74.8 Å². The van der Waals surface area contributed by atoms with Crippen LogP contribution in [0.2, 0.25) is 0 Å². The highest BCUT2D eigenvalue weighted by molar-refractivity contribution is 6.07. The molecule has 3 aliphatic heterocycles. The molecule has 75 heavy (non-hydrogen) atoms. The molecule has 19 nitrogen and oxygen atoms in total. The zero-order chi connectivity index (χ0) is 56.9. The number of esters is 2. The van der Waals surface area contributed by atoms with E-state index in [1.807, 2.05) is 48.5 Å². The molecular weight excluding hydrogens is 965 g/mol. The topological polar surface area (TPSA) is 221 Å². The van der Waals surface area contributed by atoms with E-state index in [1.54, 1.807) is 40.7 Å². The molecule has 3 heterocycles. The van der Waals surface area contributed by atoms with Crippen LogP contribution in [0.5, 0.6) is 0 Å². The van der Waals surface area contributed by atoms with Gasteiger partial charge < -0.3 is 48.7 Å². The number of ether oxygens (including phenoxy) is 3. The summed E-state index contributed by atoms with van der Waals surface area (Å²) < 4.78 is 17.4. The molecule has 6 amide bonds. The Bertz CT molecular complexity index is 2040. The second-order valence-corrected chi connectivity index (χ2v) is 22.8. The highest BCUT2D eigenvalue weighted by Crippen LogP contribution is 2.30. The summed E-state index contributed by atoms with van der Waals surface area (Å²) in [5.74, 6) is -7.14. The number of methoxy groups -OCH3 is 1. The number of aliphatic hydroxyl groups excluding tert-OH is 1. The van der Waals surface area contributed by atoms with Gasteiger partial charge in [0, 0.05) is 48.4 Å². The van der Waals surface area contributed by atoms with Crippen LogP contribution in [0.1, 0.15) is 147 Å². The van der Waals surface area contributed by atoms with Crippen LogP contribution >= 0.6 is 0 Å². The summed E-state index contributed by atoms with van der Waals surface area (Å²) in [5.41, 5.74) is 0.326. The van der Waals surface area contributed by atoms with Gasteiger partial charge in [-0.2, -0.15) is 0 Å². The van der Waals surface area contributed by atoms with Gasteiger partial charge in [0.2, 0.25) is 35.4 Å². The van der Waals surface area contributed by atoms with E-state index in [1.165, 1.54) is 64.7 Å². The number of fused-ring (bicyclic) bond motifs is 2. The number of hydrogen-bond donors (Lipinski definition) is 1. The quantitative estimate of drug-likeness (QED) is 0.266. The number of rotatable bonds is 7. The lowest BCUT2D eigenvalue weighted by Gasteiger charge is -2.41. The van der Waals surface area contributed by atoms with Gasteiger partial charge in [0.1, 0.15) is 48.5 Å². The first-order valence-corrected chi connectivity index (χ1v) is 27.5. The molecule has 0 spiro atoms. The third-order valence-corrected chi connectivity index (χ3v) is 16.2. The fourth-order valence-corrected chi connectivity index (χ4v) is 10.6. The SMILES string of the molecule is CC[C@H](C)C1C(=O)N(C)[C@@H](C(C)C)C(=O)N(C)[C@@H](COC)C(=O)N2CCC[C@H]2C(=O)N(C)[C@@H](C(C)C)C(=O)N2CCC[C@H]2C(=O)OC(C(C)C)CCCC(O)[C@@H](C)C(=O)O[C@H](C)[C@@H](C)CC=C(C)C(=O)CC(=O)N1C. The Balaban J connectivity index is 2.08. The minimum atomic E-state index is -1.21. The number of ketones is 1. The van der Waals surface area contributed by atoms with Crippen molar-refractivity contribution in [3.63, 3.8) is 0 Å². The van der Waals surface area contributed by atoms with Crippen LogP contribution in [0.25, 0.3) is 0 Å². The van der Waals surface area contributed by atoms with Crippen molar-refractivity contribution in [1.29, 1.82) is 0 Å². The van der Waals surface area contributed by atoms with Gasteiger partial charge in [0.15, 0.2) is 5.78 Å². The lowest BCUT2D eigenvalue weighted by molar-refractivity contribution is -0.163. The van der Waals surface area contributed by atoms with Crippen molar-refractivity contribution >= 4 is 53.2 Å². The van der Waals surface area contributed by atoms with E-state index in [4.69, 9.17) is 14.2 Å². The summed E-state index contributed by atoms with van der Waals surface area (Å²) >= 11 is 0. The van der Waals surface area contributed by atoms with Crippen LogP contribution < -0.4 is 0 Å². The third kappa shape index (κ3) is 16.1. The molecule has 0 bridgehead atoms. The molecule has 3 aliphatic rings. The van der Waals surface area contributed by atoms with Gasteiger partial charge in [-0.05, 0) is 107 Å². The molecule has 3 rings (SSSR count). The van der Waals surface area contributed by atoms with Crippen molar-refractivity contribution < 1.29 is 62.5 Å². The molecule has 426 valence electrons. The maximum atomic E-state index is 14.8. The lowest BCUT2D eigenvalue weighted by Crippen LogP contribution is -2.62. The molecule has 1 N–H and O–H groups in total. The van der Waals surface area contributed by atoms with E-state index in [-0.39, 0.29) is 38.0 Å². The number of aliphatic hydroxyl groups is 1. The predicted octanol–water partition coefficient (Wildman–Crippen LogP) is 4.89. The normalized spacial score (nSPS) is 30.9. The minimum absolute atomic E-state index is 0.104. The van der Waals surface area contributed by atoms with Crippen molar-refractivity contribution in [2.45, 2.75) is 202 Å². The first kappa shape index (κ1) is 64.4. The van der Waals surface area contributed by atoms with Crippen LogP contribution in [0.3, 0.4) is 0 Å². The van der Waals surface area contributed by atoms with Crippen LogP contribution in [-0.2, 0) is 57.4 Å². The predicted molar refractivity (Wildman–Crippen MR) is 283 cm³/mol. The fourth-order valence-electron chi connectivity index (χ4n) is 10.6. The first-order valence-electron chi connectivity index (χ1n) is 27.5. The van der Waals surface area contributed by atoms with Crippen molar-refractivity contribution in [2.24, 2.45) is 35.5 Å². The highest BCUT2D eigenvalue weighted by atomic mass is 16.6. The number of carbonyl (C=O) groups is 9. The number of amides is 6. The standard InChI is InChI=1S/C56H94N6O13/c1-18-35(8)49-53(69)60(16)47(33(4)5)52(68)57(13)42(31-73-17)51(67)61-28-20-22-40(61)50(66)59(15)48(34(6)7)54(70)62-29-21-23-41(62)56(72)75-45(32(2)3)25-19-24-43(63)38(11)55(71)74-39(12)36(9)26-27-37(10)44(64)30-46(65)58(49)14/h27,32-36,38-43,45,47-49,63H,18-26,28-31H2,1-17H3/t35-,36-,38+,39+,40-,41-,42-,43?,45?,47-,48-,49?/m0/s1. The molecule has 0 aromatic heterocycles. The summed E-state index contributed by atoms with van der Waals surface area (Å²) in [6.07, 6.45) is 2.58. The Kier molecular flexibility index (Phi) is 24.9. The average molecular weight is 1060 g/mol. The summed E-state index contributed by atoms with van der Waals surface area (Å²) in [7, 11) is 7.36. The summed E-state index contributed by atoms with van der Waals surface area (Å²) in [4.78, 5) is 136. The molecule has 0 aromatic carbocycles. The maximum absolute atomic E-state index is 14.8. The number of carbonyl (C=O) groups excluding carboxylic acids is 9. The molecule has 12 atom stereocenters. The largest absolute Gasteiger partial charge is 0.462 e. The van der Waals surface area contributed by atoms with Crippen molar-refractivity contribution in [2.75, 3.05) is 55.0 Å². The van der Waals surface area contributed by atoms with Crippen LogP contribution in [0.15, 0.2) is 11.6 Å². The summed E-state index contributed by atoms with van der Waals surface area (Å²) in [6, 6.07) is -6.23. The van der Waals surface area contributed by atoms with Gasteiger partial charge in [0.25, 0.3) is 0 Å². The fraction of sp³-hybridized carbons (Fsp3) is 0.804. The number of likely N-dealkylation sites (N-methyl/N-ethyl adjacent to an activating group) is 4. The van der Waals surface area contributed by atoms with Crippen molar-refractivity contribution in [3.8, 4) is 0 Å². The number of Topliss-reactive ketones (excluding diaryl/α,β-unsaturated/α-hetero) is 1. The van der Waals surface area contributed by atoms with Gasteiger partial charge >= 0.3 is 11.9 Å². The second-order valence-electron chi connectivity index (χ2n) is 22.8. The Morgan fingerprint density at radius 2 is 1.16 bits per heavy atom. The van der Waals surface area contributed by atoms with E-state index in [0.29, 0.717) is 56.9 Å². The summed E-state index contributed by atoms with van der Waals surface area (Å²) in [6.45, 7) is 21.8. The van der Waals surface area contributed by atoms with Crippen molar-refractivity contribution in [1.82, 2.24) is 29.4 Å². The van der Waals surface area contributed by atoms with Crippen LogP contribution in [-0.4, -0.2) is 197 Å². The third-order valence-electron chi connectivity index (χ3n) is 16.2. The molecule has 0 radical (unpaired) electrons.